The van der Waals surface area contributed by atoms with Crippen LogP contribution in [0.1, 0.15) is 58.5 Å². The molecule has 1 N–H and O–H groups in total. The van der Waals surface area contributed by atoms with E-state index in [0.29, 0.717) is 11.6 Å². The molecule has 4 nitrogen and oxygen atoms in total. The molecule has 1 atom stereocenters. The van der Waals surface area contributed by atoms with Gasteiger partial charge < -0.3 is 5.32 Å². The molecule has 1 aromatic heterocycles. The number of hydrogen-bond donors (Lipinski definition) is 1. The van der Waals surface area contributed by atoms with Crippen LogP contribution in [0.5, 0.6) is 0 Å². The van der Waals surface area contributed by atoms with E-state index in [0.717, 1.165) is 24.2 Å². The molecule has 1 heterocycles. The first-order chi connectivity index (χ1) is 12.8. The second kappa shape index (κ2) is 6.13. The van der Waals surface area contributed by atoms with E-state index in [4.69, 9.17) is 5.10 Å². The van der Waals surface area contributed by atoms with Crippen LogP contribution in [0.15, 0.2) is 60.7 Å². The molecule has 26 heavy (non-hydrogen) atoms. The first-order valence-electron chi connectivity index (χ1n) is 9.33. The Morgan fingerprint density at radius 2 is 1.77 bits per heavy atom. The van der Waals surface area contributed by atoms with Crippen LogP contribution in [0, 0.1) is 0 Å². The Kier molecular flexibility index (Phi) is 3.63. The maximum Gasteiger partial charge on any atom is 0.270 e. The number of benzene rings is 2. The Bertz CT molecular complexity index is 957. The Morgan fingerprint density at radius 3 is 2.58 bits per heavy atom. The van der Waals surface area contributed by atoms with Gasteiger partial charge in [0.1, 0.15) is 5.69 Å². The summed E-state index contributed by atoms with van der Waals surface area (Å²) >= 11 is 0. The Morgan fingerprint density at radius 1 is 1.00 bits per heavy atom. The van der Waals surface area contributed by atoms with Gasteiger partial charge in [0.2, 0.25) is 0 Å². The molecule has 3 aromatic rings. The van der Waals surface area contributed by atoms with Crippen molar-refractivity contribution in [1.29, 1.82) is 0 Å². The van der Waals surface area contributed by atoms with Crippen LogP contribution in [0.2, 0.25) is 0 Å². The first-order valence-corrected chi connectivity index (χ1v) is 9.33. The van der Waals surface area contributed by atoms with Gasteiger partial charge in [-0.15, -0.1) is 0 Å². The molecule has 130 valence electrons. The van der Waals surface area contributed by atoms with Crippen molar-refractivity contribution in [3.63, 3.8) is 0 Å². The van der Waals surface area contributed by atoms with Crippen molar-refractivity contribution in [2.24, 2.45) is 0 Å². The molecule has 0 saturated heterocycles. The van der Waals surface area contributed by atoms with Crippen molar-refractivity contribution in [3.8, 4) is 5.69 Å². The molecular weight excluding hydrogens is 322 g/mol. The zero-order valence-corrected chi connectivity index (χ0v) is 14.6. The smallest absolute Gasteiger partial charge is 0.270 e. The van der Waals surface area contributed by atoms with Crippen LogP contribution in [-0.4, -0.2) is 15.7 Å². The largest absolute Gasteiger partial charge is 0.344 e. The summed E-state index contributed by atoms with van der Waals surface area (Å²) in [4.78, 5) is 13.1. The van der Waals surface area contributed by atoms with Gasteiger partial charge in [0.25, 0.3) is 5.91 Å². The molecule has 2 aliphatic rings. The molecule has 5 rings (SSSR count). The van der Waals surface area contributed by atoms with Gasteiger partial charge in [-0.1, -0.05) is 42.5 Å². The number of fused-ring (bicyclic) bond motifs is 1. The normalized spacial score (nSPS) is 18.5. The van der Waals surface area contributed by atoms with E-state index < -0.39 is 0 Å². The number of para-hydroxylation sites is 1. The number of hydrogen-bond acceptors (Lipinski definition) is 2. The molecule has 0 radical (unpaired) electrons. The lowest BCUT2D eigenvalue weighted by Gasteiger charge is -2.15. The number of rotatable bonds is 4. The van der Waals surface area contributed by atoms with Gasteiger partial charge in [0.05, 0.1) is 17.4 Å². The van der Waals surface area contributed by atoms with E-state index in [2.05, 4.69) is 23.5 Å². The van der Waals surface area contributed by atoms with Gasteiger partial charge in [-0.25, -0.2) is 4.68 Å². The third-order valence-corrected chi connectivity index (χ3v) is 5.40. The molecule has 1 saturated carbocycles. The number of aryl methyl sites for hydroxylation is 1. The lowest BCUT2D eigenvalue weighted by molar-refractivity contribution is 0.0929. The maximum atomic E-state index is 13.1. The summed E-state index contributed by atoms with van der Waals surface area (Å²) in [5.74, 6) is 0.466. The fourth-order valence-electron chi connectivity index (χ4n) is 3.85. The van der Waals surface area contributed by atoms with Crippen molar-refractivity contribution in [2.75, 3.05) is 0 Å². The van der Waals surface area contributed by atoms with E-state index in [9.17, 15) is 4.79 Å². The zero-order chi connectivity index (χ0) is 17.5. The van der Waals surface area contributed by atoms with Crippen molar-refractivity contribution >= 4 is 5.91 Å². The average Bonchev–Trinajstić information content (AvgIpc) is 3.31. The molecular formula is C22H21N3O. The number of nitrogens with zero attached hydrogens (tertiary/aromatic N) is 2. The second-order valence-electron chi connectivity index (χ2n) is 7.24. The maximum absolute atomic E-state index is 13.1. The molecule has 2 aromatic carbocycles. The van der Waals surface area contributed by atoms with Crippen molar-refractivity contribution in [3.05, 3.63) is 83.2 Å². The lowest BCUT2D eigenvalue weighted by atomic mass is 10.1. The Hall–Kier alpha value is -2.88. The third kappa shape index (κ3) is 2.71. The SMILES string of the molecule is O=C(N[C@H]1CCc2ccccc21)c1cc(C2CC2)nn1-c1ccccc1. The predicted octanol–water partition coefficient (Wildman–Crippen LogP) is 4.17. The zero-order valence-electron chi connectivity index (χ0n) is 14.6. The summed E-state index contributed by atoms with van der Waals surface area (Å²) in [5.41, 5.74) is 5.17. The van der Waals surface area contributed by atoms with Gasteiger partial charge in [0, 0.05) is 5.92 Å². The number of nitrogens with one attached hydrogen (secondary N) is 1. The van der Waals surface area contributed by atoms with Crippen molar-refractivity contribution < 1.29 is 4.79 Å². The lowest BCUT2D eigenvalue weighted by Crippen LogP contribution is -2.29. The first kappa shape index (κ1) is 15.4. The highest BCUT2D eigenvalue weighted by molar-refractivity contribution is 5.93. The minimum atomic E-state index is -0.0463. The molecule has 0 bridgehead atoms. The van der Waals surface area contributed by atoms with Crippen LogP contribution < -0.4 is 5.32 Å². The quantitative estimate of drug-likeness (QED) is 0.773. The minimum absolute atomic E-state index is 0.0463. The Labute approximate surface area is 152 Å². The standard InChI is InChI=1S/C22H21N3O/c26-22(23-19-13-12-15-6-4-5-9-18(15)19)21-14-20(16-10-11-16)24-25(21)17-7-2-1-3-8-17/h1-9,14,16,19H,10-13H2,(H,23,26)/t19-/m0/s1. The number of carbonyl (C=O) groups excluding carboxylic acids is 1. The summed E-state index contributed by atoms with van der Waals surface area (Å²) in [5, 5.41) is 7.97. The summed E-state index contributed by atoms with van der Waals surface area (Å²) in [7, 11) is 0. The highest BCUT2D eigenvalue weighted by Crippen LogP contribution is 2.40. The summed E-state index contributed by atoms with van der Waals surface area (Å²) in [6, 6.07) is 20.4. The molecule has 1 fully saturated rings. The molecule has 0 aliphatic heterocycles. The molecule has 0 unspecified atom stereocenters. The van der Waals surface area contributed by atoms with Crippen LogP contribution in [0.3, 0.4) is 0 Å². The van der Waals surface area contributed by atoms with E-state index >= 15 is 0 Å². The highest BCUT2D eigenvalue weighted by atomic mass is 16.2. The topological polar surface area (TPSA) is 46.9 Å². The minimum Gasteiger partial charge on any atom is -0.344 e. The molecule has 1 amide bonds. The number of amides is 1. The van der Waals surface area contributed by atoms with Crippen LogP contribution in [-0.2, 0) is 6.42 Å². The highest BCUT2D eigenvalue weighted by Gasteiger charge is 2.30. The predicted molar refractivity (Wildman–Crippen MR) is 101 cm³/mol. The number of aromatic nitrogens is 2. The molecule has 0 spiro atoms. The summed E-state index contributed by atoms with van der Waals surface area (Å²) in [6.45, 7) is 0. The van der Waals surface area contributed by atoms with Crippen molar-refractivity contribution in [1.82, 2.24) is 15.1 Å². The fraction of sp³-hybridized carbons (Fsp3) is 0.273. The van der Waals surface area contributed by atoms with E-state index in [1.54, 1.807) is 4.68 Å². The van der Waals surface area contributed by atoms with Gasteiger partial charge in [-0.3, -0.25) is 4.79 Å². The van der Waals surface area contributed by atoms with Gasteiger partial charge >= 0.3 is 0 Å². The third-order valence-electron chi connectivity index (χ3n) is 5.40. The van der Waals surface area contributed by atoms with Crippen LogP contribution >= 0.6 is 0 Å². The van der Waals surface area contributed by atoms with Gasteiger partial charge in [-0.2, -0.15) is 5.10 Å². The van der Waals surface area contributed by atoms with Gasteiger partial charge in [-0.05, 0) is 55.0 Å². The summed E-state index contributed by atoms with van der Waals surface area (Å²) in [6.07, 6.45) is 4.32. The summed E-state index contributed by atoms with van der Waals surface area (Å²) < 4.78 is 1.80. The van der Waals surface area contributed by atoms with E-state index in [1.807, 2.05) is 42.5 Å². The monoisotopic (exact) mass is 343 g/mol. The average molecular weight is 343 g/mol. The van der Waals surface area contributed by atoms with E-state index in [1.165, 1.54) is 24.0 Å². The fourth-order valence-corrected chi connectivity index (χ4v) is 3.85. The molecule has 2 aliphatic carbocycles. The number of carbonyl (C=O) groups is 1. The van der Waals surface area contributed by atoms with E-state index in [-0.39, 0.29) is 11.9 Å². The Balaban J connectivity index is 1.47. The van der Waals surface area contributed by atoms with Crippen LogP contribution in [0.4, 0.5) is 0 Å². The second-order valence-corrected chi connectivity index (χ2v) is 7.24. The van der Waals surface area contributed by atoms with Crippen LogP contribution in [0.25, 0.3) is 5.69 Å². The molecule has 4 heteroatoms. The van der Waals surface area contributed by atoms with Crippen molar-refractivity contribution in [2.45, 2.75) is 37.6 Å². The van der Waals surface area contributed by atoms with Gasteiger partial charge in [0.15, 0.2) is 0 Å².